The van der Waals surface area contributed by atoms with Crippen molar-refractivity contribution in [2.45, 2.75) is 33.2 Å². The van der Waals surface area contributed by atoms with E-state index in [4.69, 9.17) is 5.11 Å². The first kappa shape index (κ1) is 15.4. The molecule has 0 saturated carbocycles. The van der Waals surface area contributed by atoms with Crippen LogP contribution in [0.2, 0.25) is 0 Å². The topological polar surface area (TPSA) is 95.5 Å². The SMILES string of the molecule is CNC(=O)C(CC(C)C)NC(=O)C(C)C(=O)O. The second kappa shape index (κ2) is 6.88. The maximum Gasteiger partial charge on any atom is 0.315 e. The number of carbonyl (C=O) groups excluding carboxylic acids is 2. The Bertz CT molecular complexity index is 302. The zero-order valence-corrected chi connectivity index (χ0v) is 10.6. The van der Waals surface area contributed by atoms with Gasteiger partial charge < -0.3 is 15.7 Å². The van der Waals surface area contributed by atoms with Crippen LogP contribution in [0.1, 0.15) is 27.2 Å². The predicted octanol–water partition coefficient (Wildman–Crippen LogP) is -0.0160. The molecule has 17 heavy (non-hydrogen) atoms. The largest absolute Gasteiger partial charge is 0.481 e. The van der Waals surface area contributed by atoms with Crippen LogP contribution in [0.3, 0.4) is 0 Å². The van der Waals surface area contributed by atoms with E-state index in [1.165, 1.54) is 14.0 Å². The van der Waals surface area contributed by atoms with Gasteiger partial charge in [0, 0.05) is 7.05 Å². The number of carboxylic acids is 1. The van der Waals surface area contributed by atoms with Crippen LogP contribution >= 0.6 is 0 Å². The van der Waals surface area contributed by atoms with Crippen LogP contribution in [0.15, 0.2) is 0 Å². The van der Waals surface area contributed by atoms with Gasteiger partial charge in [-0.3, -0.25) is 14.4 Å². The molecule has 0 bridgehead atoms. The van der Waals surface area contributed by atoms with Crippen LogP contribution in [-0.4, -0.2) is 36.0 Å². The predicted molar refractivity (Wildman–Crippen MR) is 62.3 cm³/mol. The highest BCUT2D eigenvalue weighted by Crippen LogP contribution is 2.06. The first-order valence-electron chi connectivity index (χ1n) is 5.54. The Hall–Kier alpha value is -1.59. The average molecular weight is 244 g/mol. The Labute approximate surface area is 101 Å². The molecule has 6 nitrogen and oxygen atoms in total. The van der Waals surface area contributed by atoms with E-state index in [-0.39, 0.29) is 11.8 Å². The Morgan fingerprint density at radius 1 is 1.12 bits per heavy atom. The fourth-order valence-electron chi connectivity index (χ4n) is 1.29. The molecule has 0 aliphatic carbocycles. The van der Waals surface area contributed by atoms with E-state index >= 15 is 0 Å². The number of carboxylic acid groups (broad SMARTS) is 1. The molecule has 0 rings (SSSR count). The van der Waals surface area contributed by atoms with Crippen molar-refractivity contribution in [1.29, 1.82) is 0 Å². The Morgan fingerprint density at radius 2 is 1.65 bits per heavy atom. The minimum atomic E-state index is -1.21. The van der Waals surface area contributed by atoms with Gasteiger partial charge in [0.05, 0.1) is 0 Å². The second-order valence-electron chi connectivity index (χ2n) is 4.36. The molecule has 6 heteroatoms. The van der Waals surface area contributed by atoms with Crippen LogP contribution in [0.25, 0.3) is 0 Å². The Balaban J connectivity index is 4.58. The molecule has 98 valence electrons. The number of aliphatic carboxylic acids is 1. The minimum Gasteiger partial charge on any atom is -0.481 e. The van der Waals surface area contributed by atoms with Crippen molar-refractivity contribution in [3.63, 3.8) is 0 Å². The summed E-state index contributed by atoms with van der Waals surface area (Å²) in [4.78, 5) is 33.6. The summed E-state index contributed by atoms with van der Waals surface area (Å²) < 4.78 is 0. The number of likely N-dealkylation sites (N-methyl/N-ethyl adjacent to an activating group) is 1. The van der Waals surface area contributed by atoms with Crippen LogP contribution in [-0.2, 0) is 14.4 Å². The summed E-state index contributed by atoms with van der Waals surface area (Å²) in [5.74, 6) is -3.11. The molecule has 0 spiro atoms. The van der Waals surface area contributed by atoms with Gasteiger partial charge in [-0.05, 0) is 19.3 Å². The zero-order valence-electron chi connectivity index (χ0n) is 10.6. The van der Waals surface area contributed by atoms with Crippen molar-refractivity contribution in [2.24, 2.45) is 11.8 Å². The third kappa shape index (κ3) is 5.33. The number of hydrogen-bond donors (Lipinski definition) is 3. The summed E-state index contributed by atoms with van der Waals surface area (Å²) in [7, 11) is 1.47. The number of amides is 2. The van der Waals surface area contributed by atoms with Crippen molar-refractivity contribution >= 4 is 17.8 Å². The summed E-state index contributed by atoms with van der Waals surface area (Å²) in [5, 5.41) is 13.6. The lowest BCUT2D eigenvalue weighted by Gasteiger charge is -2.20. The first-order valence-corrected chi connectivity index (χ1v) is 5.54. The Kier molecular flexibility index (Phi) is 6.23. The van der Waals surface area contributed by atoms with Gasteiger partial charge in [0.2, 0.25) is 11.8 Å². The number of hydrogen-bond acceptors (Lipinski definition) is 3. The smallest absolute Gasteiger partial charge is 0.315 e. The molecule has 0 heterocycles. The van der Waals surface area contributed by atoms with Gasteiger partial charge in [0.25, 0.3) is 0 Å². The van der Waals surface area contributed by atoms with E-state index in [1.54, 1.807) is 0 Å². The van der Waals surface area contributed by atoms with Crippen LogP contribution in [0, 0.1) is 11.8 Å². The fourth-order valence-corrected chi connectivity index (χ4v) is 1.29. The Morgan fingerprint density at radius 3 is 2.00 bits per heavy atom. The zero-order chi connectivity index (χ0) is 13.6. The summed E-state index contributed by atoms with van der Waals surface area (Å²) in [6, 6.07) is -0.686. The van der Waals surface area contributed by atoms with E-state index in [0.29, 0.717) is 6.42 Å². The van der Waals surface area contributed by atoms with Gasteiger partial charge in [-0.1, -0.05) is 13.8 Å². The fraction of sp³-hybridized carbons (Fsp3) is 0.727. The monoisotopic (exact) mass is 244 g/mol. The number of nitrogens with one attached hydrogen (secondary N) is 2. The van der Waals surface area contributed by atoms with E-state index in [9.17, 15) is 14.4 Å². The standard InChI is InChI=1S/C11H20N2O4/c1-6(2)5-8(10(15)12-4)13-9(14)7(3)11(16)17/h6-8H,5H2,1-4H3,(H,12,15)(H,13,14)(H,16,17). The molecule has 0 radical (unpaired) electrons. The summed E-state index contributed by atoms with van der Waals surface area (Å²) in [5.41, 5.74) is 0. The molecule has 0 aromatic heterocycles. The normalized spacial score (nSPS) is 13.9. The van der Waals surface area contributed by atoms with Crippen molar-refractivity contribution < 1.29 is 19.5 Å². The molecular weight excluding hydrogens is 224 g/mol. The lowest BCUT2D eigenvalue weighted by Crippen LogP contribution is -2.48. The van der Waals surface area contributed by atoms with Crippen molar-refractivity contribution in [1.82, 2.24) is 10.6 Å². The number of rotatable bonds is 6. The quantitative estimate of drug-likeness (QED) is 0.572. The molecule has 0 saturated heterocycles. The molecule has 0 aromatic carbocycles. The van der Waals surface area contributed by atoms with Crippen LogP contribution < -0.4 is 10.6 Å². The molecule has 2 atom stereocenters. The molecule has 3 N–H and O–H groups in total. The third-order valence-corrected chi connectivity index (χ3v) is 2.35. The first-order chi connectivity index (χ1) is 7.79. The average Bonchev–Trinajstić information content (AvgIpc) is 2.24. The molecule has 0 aromatic rings. The molecule has 2 unspecified atom stereocenters. The lowest BCUT2D eigenvalue weighted by molar-refractivity contribution is -0.147. The van der Waals surface area contributed by atoms with Crippen molar-refractivity contribution in [3.05, 3.63) is 0 Å². The van der Waals surface area contributed by atoms with Gasteiger partial charge in [-0.25, -0.2) is 0 Å². The maximum atomic E-state index is 11.5. The van der Waals surface area contributed by atoms with Gasteiger partial charge >= 0.3 is 5.97 Å². The highest BCUT2D eigenvalue weighted by atomic mass is 16.4. The van der Waals surface area contributed by atoms with Gasteiger partial charge in [0.15, 0.2) is 0 Å². The van der Waals surface area contributed by atoms with E-state index in [2.05, 4.69) is 10.6 Å². The van der Waals surface area contributed by atoms with Crippen LogP contribution in [0.5, 0.6) is 0 Å². The second-order valence-corrected chi connectivity index (χ2v) is 4.36. The van der Waals surface area contributed by atoms with E-state index in [0.717, 1.165) is 0 Å². The highest BCUT2D eigenvalue weighted by Gasteiger charge is 2.26. The van der Waals surface area contributed by atoms with Crippen LogP contribution in [0.4, 0.5) is 0 Å². The third-order valence-electron chi connectivity index (χ3n) is 2.35. The number of carbonyl (C=O) groups is 3. The lowest BCUT2D eigenvalue weighted by atomic mass is 10.0. The van der Waals surface area contributed by atoms with E-state index < -0.39 is 23.8 Å². The minimum absolute atomic E-state index is 0.220. The molecule has 2 amide bonds. The van der Waals surface area contributed by atoms with Gasteiger partial charge in [0.1, 0.15) is 12.0 Å². The maximum absolute atomic E-state index is 11.5. The summed E-state index contributed by atoms with van der Waals surface area (Å²) in [6.45, 7) is 5.12. The molecule has 0 aliphatic rings. The van der Waals surface area contributed by atoms with E-state index in [1.807, 2.05) is 13.8 Å². The van der Waals surface area contributed by atoms with Crippen molar-refractivity contribution in [3.8, 4) is 0 Å². The molecule has 0 aliphatic heterocycles. The summed E-state index contributed by atoms with van der Waals surface area (Å²) in [6.07, 6.45) is 0.470. The van der Waals surface area contributed by atoms with Gasteiger partial charge in [-0.15, -0.1) is 0 Å². The van der Waals surface area contributed by atoms with Gasteiger partial charge in [-0.2, -0.15) is 0 Å². The van der Waals surface area contributed by atoms with Crippen molar-refractivity contribution in [2.75, 3.05) is 7.05 Å². The summed E-state index contributed by atoms with van der Waals surface area (Å²) >= 11 is 0. The molecular formula is C11H20N2O4. The molecule has 0 fully saturated rings. The highest BCUT2D eigenvalue weighted by molar-refractivity contribution is 5.98.